The minimum absolute atomic E-state index is 0.0384. The highest BCUT2D eigenvalue weighted by atomic mass is 16.5. The Morgan fingerprint density at radius 3 is 2.64 bits per heavy atom. The fourth-order valence-corrected chi connectivity index (χ4v) is 2.43. The third-order valence-electron chi connectivity index (χ3n) is 3.90. The molecule has 0 aliphatic rings. The molecule has 1 heterocycles. The number of nitrogens with zero attached hydrogens (tertiary/aromatic N) is 2. The number of aryl methyl sites for hydroxylation is 2. The largest absolute Gasteiger partial charge is 0.480 e. The van der Waals surface area contributed by atoms with Gasteiger partial charge in [-0.15, -0.1) is 0 Å². The minimum Gasteiger partial charge on any atom is -0.480 e. The van der Waals surface area contributed by atoms with Crippen LogP contribution in [0.25, 0.3) is 0 Å². The molecule has 2 N–H and O–H groups in total. The molecule has 2 rings (SSSR count). The van der Waals surface area contributed by atoms with E-state index in [1.165, 1.54) is 11.7 Å². The number of carboxylic acid groups (broad SMARTS) is 1. The second-order valence-electron chi connectivity index (χ2n) is 6.04. The summed E-state index contributed by atoms with van der Waals surface area (Å²) in [4.78, 5) is 49.0. The number of ether oxygens (including phenoxy) is 1. The molecule has 0 spiro atoms. The van der Waals surface area contributed by atoms with Gasteiger partial charge in [-0.25, -0.2) is 14.4 Å². The van der Waals surface area contributed by atoms with E-state index in [0.29, 0.717) is 12.8 Å². The van der Waals surface area contributed by atoms with Gasteiger partial charge in [-0.05, 0) is 31.7 Å². The van der Waals surface area contributed by atoms with E-state index in [0.717, 1.165) is 5.56 Å². The van der Waals surface area contributed by atoms with Gasteiger partial charge in [-0.2, -0.15) is 9.72 Å². The summed E-state index contributed by atoms with van der Waals surface area (Å²) >= 11 is 0. The first-order valence-electron chi connectivity index (χ1n) is 8.66. The van der Waals surface area contributed by atoms with Crippen LogP contribution >= 0.6 is 0 Å². The van der Waals surface area contributed by atoms with Gasteiger partial charge >= 0.3 is 23.2 Å². The van der Waals surface area contributed by atoms with Crippen LogP contribution in [-0.4, -0.2) is 32.9 Å². The molecule has 0 unspecified atom stereocenters. The van der Waals surface area contributed by atoms with E-state index in [1.54, 1.807) is 24.3 Å². The number of alkyl carbamates (subject to hydrolysis) is 1. The number of nitrogens with one attached hydrogen (secondary N) is 1. The summed E-state index contributed by atoms with van der Waals surface area (Å²) in [6.45, 7) is 1.81. The van der Waals surface area contributed by atoms with Crippen LogP contribution < -0.4 is 16.5 Å². The molecule has 0 fully saturated rings. The molecular formula is C18H21N3O7. The van der Waals surface area contributed by atoms with Crippen molar-refractivity contribution in [1.82, 2.24) is 15.0 Å². The highest BCUT2D eigenvalue weighted by Crippen LogP contribution is 2.06. The zero-order valence-electron chi connectivity index (χ0n) is 15.3. The molecule has 0 bridgehead atoms. The van der Waals surface area contributed by atoms with Crippen LogP contribution in [0, 0.1) is 6.92 Å². The van der Waals surface area contributed by atoms with Crippen molar-refractivity contribution in [2.45, 2.75) is 45.4 Å². The van der Waals surface area contributed by atoms with E-state index in [2.05, 4.69) is 10.3 Å². The number of unbranched alkanes of at least 4 members (excludes halogenated alkanes) is 1. The third-order valence-corrected chi connectivity index (χ3v) is 3.90. The Kier molecular flexibility index (Phi) is 7.49. The van der Waals surface area contributed by atoms with E-state index in [9.17, 15) is 24.3 Å². The van der Waals surface area contributed by atoms with E-state index < -0.39 is 29.3 Å². The second kappa shape index (κ2) is 10.0. The minimum atomic E-state index is -1.18. The second-order valence-corrected chi connectivity index (χ2v) is 6.04. The number of aliphatic carboxylic acids is 1. The summed E-state index contributed by atoms with van der Waals surface area (Å²) in [7, 11) is 0. The molecule has 1 aromatic heterocycles. The smallest absolute Gasteiger partial charge is 0.423 e. The van der Waals surface area contributed by atoms with Crippen molar-refractivity contribution in [2.24, 2.45) is 0 Å². The van der Waals surface area contributed by atoms with Crippen molar-refractivity contribution in [3.63, 3.8) is 0 Å². The van der Waals surface area contributed by atoms with Crippen LogP contribution in [0.3, 0.4) is 0 Å². The molecule has 10 heteroatoms. The molecule has 0 saturated heterocycles. The van der Waals surface area contributed by atoms with Crippen LogP contribution in [0.5, 0.6) is 0 Å². The van der Waals surface area contributed by atoms with Crippen LogP contribution in [0.1, 0.15) is 30.7 Å². The first-order valence-corrected chi connectivity index (χ1v) is 8.66. The fourth-order valence-electron chi connectivity index (χ4n) is 2.43. The van der Waals surface area contributed by atoms with Crippen molar-refractivity contribution in [3.05, 3.63) is 62.5 Å². The summed E-state index contributed by atoms with van der Waals surface area (Å²) < 4.78 is 11.0. The van der Waals surface area contributed by atoms with Gasteiger partial charge in [-0.3, -0.25) is 4.79 Å². The predicted octanol–water partition coefficient (Wildman–Crippen LogP) is 1.05. The first-order chi connectivity index (χ1) is 13.4. The van der Waals surface area contributed by atoms with Gasteiger partial charge in [0.05, 0.1) is 6.54 Å². The number of carbonyl (C=O) groups excluding carboxylic acids is 1. The van der Waals surface area contributed by atoms with Crippen molar-refractivity contribution < 1.29 is 24.0 Å². The molecule has 0 saturated carbocycles. The average molecular weight is 391 g/mol. The van der Waals surface area contributed by atoms with E-state index >= 15 is 0 Å². The van der Waals surface area contributed by atoms with Crippen LogP contribution in [0.2, 0.25) is 0 Å². The zero-order valence-corrected chi connectivity index (χ0v) is 15.3. The van der Waals surface area contributed by atoms with Crippen molar-refractivity contribution in [2.75, 3.05) is 0 Å². The Morgan fingerprint density at radius 1 is 1.25 bits per heavy atom. The number of benzene rings is 1. The quantitative estimate of drug-likeness (QED) is 0.477. The molecule has 0 aliphatic carbocycles. The number of aromatic nitrogens is 2. The van der Waals surface area contributed by atoms with E-state index in [-0.39, 0.29) is 25.4 Å². The highest BCUT2D eigenvalue weighted by Gasteiger charge is 2.20. The Morgan fingerprint density at radius 2 is 1.96 bits per heavy atom. The predicted molar refractivity (Wildman–Crippen MR) is 96.8 cm³/mol. The summed E-state index contributed by atoms with van der Waals surface area (Å²) in [6, 6.07) is 7.91. The van der Waals surface area contributed by atoms with Crippen LogP contribution in [0.4, 0.5) is 4.79 Å². The van der Waals surface area contributed by atoms with Gasteiger partial charge in [0.2, 0.25) is 0 Å². The Balaban J connectivity index is 1.78. The number of carbonyl (C=O) groups is 2. The van der Waals surface area contributed by atoms with Crippen molar-refractivity contribution in [1.29, 1.82) is 0 Å². The number of carboxylic acids is 1. The molecule has 0 aliphatic heterocycles. The zero-order chi connectivity index (χ0) is 20.5. The number of hydrogen-bond donors (Lipinski definition) is 2. The van der Waals surface area contributed by atoms with Gasteiger partial charge in [0.15, 0.2) is 0 Å². The maximum absolute atomic E-state index is 11.8. The molecule has 0 radical (unpaired) electrons. The topological polar surface area (TPSA) is 141 Å². The van der Waals surface area contributed by atoms with Gasteiger partial charge in [0, 0.05) is 0 Å². The van der Waals surface area contributed by atoms with Crippen LogP contribution in [0.15, 0.2) is 44.4 Å². The lowest BCUT2D eigenvalue weighted by atomic mass is 10.1. The van der Waals surface area contributed by atoms with Gasteiger partial charge in [0.25, 0.3) is 0 Å². The summed E-state index contributed by atoms with van der Waals surface area (Å²) in [5.41, 5.74) is -1.23. The van der Waals surface area contributed by atoms with Crippen LogP contribution in [-0.2, 0) is 22.7 Å². The maximum atomic E-state index is 11.8. The lowest BCUT2D eigenvalue weighted by molar-refractivity contribution is -0.139. The molecule has 1 atom stereocenters. The number of amides is 1. The Labute approximate surface area is 159 Å². The summed E-state index contributed by atoms with van der Waals surface area (Å²) in [5.74, 6) is -0.925. The third kappa shape index (κ3) is 6.38. The fraction of sp³-hybridized carbons (Fsp3) is 0.389. The van der Waals surface area contributed by atoms with E-state index in [4.69, 9.17) is 9.26 Å². The Hall–Kier alpha value is -3.43. The average Bonchev–Trinajstić information content (AvgIpc) is 2.67. The standard InChI is InChI=1S/C18H21N3O7/c1-12-19-15(22)17(25)28-21(12)10-6-5-9-14(16(23)24)20-18(26)27-11-13-7-3-2-4-8-13/h2-4,7-8,14H,5-6,9-11H2,1H3,(H,20,26)(H,23,24)/t14-/m0/s1. The number of hydrogen-bond acceptors (Lipinski definition) is 7. The molecule has 150 valence electrons. The first kappa shape index (κ1) is 20.9. The summed E-state index contributed by atoms with van der Waals surface area (Å²) in [6.07, 6.45) is 0.221. The molecule has 10 nitrogen and oxygen atoms in total. The number of rotatable bonds is 9. The molecule has 2 aromatic rings. The van der Waals surface area contributed by atoms with Gasteiger partial charge in [0.1, 0.15) is 18.5 Å². The van der Waals surface area contributed by atoms with Crippen molar-refractivity contribution in [3.8, 4) is 0 Å². The molecule has 1 aromatic carbocycles. The Bertz CT molecular complexity index is 921. The molecule has 28 heavy (non-hydrogen) atoms. The molecule has 1 amide bonds. The summed E-state index contributed by atoms with van der Waals surface area (Å²) in [5, 5.41) is 11.6. The maximum Gasteiger partial charge on any atom is 0.423 e. The van der Waals surface area contributed by atoms with Crippen molar-refractivity contribution >= 4 is 12.1 Å². The lowest BCUT2D eigenvalue weighted by Crippen LogP contribution is -2.41. The normalized spacial score (nSPS) is 11.6. The highest BCUT2D eigenvalue weighted by molar-refractivity contribution is 5.79. The lowest BCUT2D eigenvalue weighted by Gasteiger charge is -2.15. The molecular weight excluding hydrogens is 370 g/mol. The SMILES string of the molecule is Cc1nc(=O)c(=O)on1CCCC[C@H](NC(=O)OCc1ccccc1)C(=O)O. The monoisotopic (exact) mass is 391 g/mol. The van der Waals surface area contributed by atoms with E-state index in [1.807, 2.05) is 6.07 Å². The van der Waals surface area contributed by atoms with Gasteiger partial charge < -0.3 is 19.7 Å². The van der Waals surface area contributed by atoms with Gasteiger partial charge in [-0.1, -0.05) is 30.3 Å².